The van der Waals surface area contributed by atoms with Gasteiger partial charge < -0.3 is 20.5 Å². The molecular formula is C14H14N2O2-2. The SMILES string of the molecule is CN([O-])C1c2ccc(c3ccccc23)C1N(C)[O-]. The molecule has 2 aromatic rings. The highest BCUT2D eigenvalue weighted by molar-refractivity contribution is 5.91. The van der Waals surface area contributed by atoms with Crippen molar-refractivity contribution in [3.8, 4) is 0 Å². The zero-order valence-corrected chi connectivity index (χ0v) is 10.3. The maximum absolute atomic E-state index is 11.8. The molecule has 0 aromatic heterocycles. The van der Waals surface area contributed by atoms with Gasteiger partial charge in [0.2, 0.25) is 0 Å². The lowest BCUT2D eigenvalue weighted by Crippen LogP contribution is -2.35. The fourth-order valence-electron chi connectivity index (χ4n) is 2.99. The lowest BCUT2D eigenvalue weighted by Gasteiger charge is -2.49. The fourth-order valence-corrected chi connectivity index (χ4v) is 2.99. The summed E-state index contributed by atoms with van der Waals surface area (Å²) in [4.78, 5) is 0. The van der Waals surface area contributed by atoms with E-state index in [1.54, 1.807) is 0 Å². The minimum absolute atomic E-state index is 0.414. The fraction of sp³-hybridized carbons (Fsp3) is 0.286. The standard InChI is InChI=1S/C14H14N2O2/c1-15(17)13-11-7-8-12(14(13)16(2)18)10-6-4-3-5-9(10)11/h3-8,13-14H,1-2H3/q-2. The Bertz CT molecular complexity index is 543. The van der Waals surface area contributed by atoms with E-state index in [0.717, 1.165) is 32.0 Å². The Morgan fingerprint density at radius 1 is 0.778 bits per heavy atom. The summed E-state index contributed by atoms with van der Waals surface area (Å²) in [5.41, 5.74) is 1.87. The van der Waals surface area contributed by atoms with Crippen LogP contribution in [0.25, 0.3) is 10.8 Å². The molecule has 0 heterocycles. The first-order valence-electron chi connectivity index (χ1n) is 5.92. The molecule has 0 aliphatic heterocycles. The van der Waals surface area contributed by atoms with Crippen LogP contribution in [-0.2, 0) is 0 Å². The minimum atomic E-state index is -0.414. The van der Waals surface area contributed by atoms with Gasteiger partial charge in [0.05, 0.1) is 0 Å². The van der Waals surface area contributed by atoms with Crippen molar-refractivity contribution in [3.63, 3.8) is 0 Å². The molecule has 0 fully saturated rings. The number of fused-ring (bicyclic) bond motifs is 2. The summed E-state index contributed by atoms with van der Waals surface area (Å²) in [6.45, 7) is 0. The molecule has 2 aromatic carbocycles. The van der Waals surface area contributed by atoms with Crippen molar-refractivity contribution in [3.05, 3.63) is 57.9 Å². The van der Waals surface area contributed by atoms with E-state index in [2.05, 4.69) is 0 Å². The summed E-state index contributed by atoms with van der Waals surface area (Å²) in [5.74, 6) is 0. The van der Waals surface area contributed by atoms with Crippen LogP contribution in [0.4, 0.5) is 0 Å². The van der Waals surface area contributed by atoms with E-state index in [1.807, 2.05) is 36.4 Å². The van der Waals surface area contributed by atoms with Gasteiger partial charge in [-0.05, 0) is 36.0 Å². The van der Waals surface area contributed by atoms with Gasteiger partial charge >= 0.3 is 0 Å². The summed E-state index contributed by atoms with van der Waals surface area (Å²) in [6, 6.07) is 11.0. The molecule has 0 amide bonds. The first kappa shape index (κ1) is 11.6. The first-order chi connectivity index (χ1) is 8.61. The summed E-state index contributed by atoms with van der Waals surface area (Å²) in [7, 11) is 2.96. The van der Waals surface area contributed by atoms with E-state index in [9.17, 15) is 10.4 Å². The summed E-state index contributed by atoms with van der Waals surface area (Å²) in [6.07, 6.45) is 0. The predicted octanol–water partition coefficient (Wildman–Crippen LogP) is 2.79. The maximum Gasteiger partial charge on any atom is 0.0427 e. The number of hydrogen-bond acceptors (Lipinski definition) is 4. The van der Waals surface area contributed by atoms with Crippen molar-refractivity contribution in [2.24, 2.45) is 0 Å². The Morgan fingerprint density at radius 3 is 1.50 bits per heavy atom. The van der Waals surface area contributed by atoms with Gasteiger partial charge in [0.1, 0.15) is 0 Å². The topological polar surface area (TPSA) is 52.6 Å². The number of benzene rings is 2. The Kier molecular flexibility index (Phi) is 2.60. The van der Waals surface area contributed by atoms with E-state index >= 15 is 0 Å². The van der Waals surface area contributed by atoms with Crippen molar-refractivity contribution >= 4 is 10.8 Å². The molecule has 0 radical (unpaired) electrons. The van der Waals surface area contributed by atoms with E-state index in [4.69, 9.17) is 0 Å². The van der Waals surface area contributed by atoms with E-state index in [0.29, 0.717) is 0 Å². The molecule has 4 nitrogen and oxygen atoms in total. The van der Waals surface area contributed by atoms with Crippen LogP contribution in [0.15, 0.2) is 36.4 Å². The van der Waals surface area contributed by atoms with Gasteiger partial charge in [-0.2, -0.15) is 0 Å². The molecule has 2 aliphatic rings. The van der Waals surface area contributed by atoms with Crippen molar-refractivity contribution in [1.29, 1.82) is 0 Å². The lowest BCUT2D eigenvalue weighted by molar-refractivity contribution is 0.183. The summed E-state index contributed by atoms with van der Waals surface area (Å²) < 4.78 is 0. The highest BCUT2D eigenvalue weighted by Gasteiger charge is 2.32. The van der Waals surface area contributed by atoms with Crippen LogP contribution < -0.4 is 0 Å². The average molecular weight is 242 g/mol. The number of hydrogen-bond donors (Lipinski definition) is 0. The molecule has 2 bridgehead atoms. The summed E-state index contributed by atoms with van der Waals surface area (Å²) in [5, 5.41) is 27.5. The van der Waals surface area contributed by atoms with Gasteiger partial charge in [-0.25, -0.2) is 0 Å². The van der Waals surface area contributed by atoms with Gasteiger partial charge in [0, 0.05) is 12.1 Å². The average Bonchev–Trinajstić information content (AvgIpc) is 2.38. The number of hydroxylamine groups is 4. The van der Waals surface area contributed by atoms with Gasteiger partial charge in [-0.3, -0.25) is 0 Å². The quantitative estimate of drug-likeness (QED) is 0.760. The highest BCUT2D eigenvalue weighted by Crippen LogP contribution is 2.47. The van der Waals surface area contributed by atoms with E-state index in [1.165, 1.54) is 14.1 Å². The number of likely N-dealkylation sites (N-methyl/N-ethyl adjacent to an activating group) is 2. The molecular weight excluding hydrogens is 228 g/mol. The molecule has 2 aliphatic carbocycles. The third-order valence-corrected chi connectivity index (χ3v) is 3.71. The molecule has 0 N–H and O–H groups in total. The van der Waals surface area contributed by atoms with Crippen LogP contribution >= 0.6 is 0 Å². The second-order valence-corrected chi connectivity index (χ2v) is 4.77. The smallest absolute Gasteiger partial charge is 0.0427 e. The lowest BCUT2D eigenvalue weighted by atomic mass is 9.80. The Labute approximate surface area is 106 Å². The van der Waals surface area contributed by atoms with Crippen molar-refractivity contribution < 1.29 is 0 Å². The second kappa shape index (κ2) is 4.03. The normalized spacial score (nSPS) is 22.3. The van der Waals surface area contributed by atoms with Crippen LogP contribution in [0.3, 0.4) is 0 Å². The largest absolute Gasteiger partial charge is 0.785 e. The van der Waals surface area contributed by atoms with Crippen LogP contribution in [0.5, 0.6) is 0 Å². The van der Waals surface area contributed by atoms with Gasteiger partial charge in [-0.15, -0.1) is 0 Å². The van der Waals surface area contributed by atoms with Crippen LogP contribution in [0.2, 0.25) is 0 Å². The van der Waals surface area contributed by atoms with E-state index < -0.39 is 12.1 Å². The zero-order chi connectivity index (χ0) is 12.9. The Morgan fingerprint density at radius 2 is 1.17 bits per heavy atom. The van der Waals surface area contributed by atoms with Crippen LogP contribution in [0, 0.1) is 10.4 Å². The summed E-state index contributed by atoms with van der Waals surface area (Å²) >= 11 is 0. The van der Waals surface area contributed by atoms with Crippen LogP contribution in [-0.4, -0.2) is 24.2 Å². The third kappa shape index (κ3) is 1.47. The van der Waals surface area contributed by atoms with Gasteiger partial charge in [0.25, 0.3) is 0 Å². The molecule has 4 heteroatoms. The molecule has 2 atom stereocenters. The third-order valence-electron chi connectivity index (χ3n) is 3.71. The molecule has 4 rings (SSSR count). The molecule has 0 spiro atoms. The van der Waals surface area contributed by atoms with Crippen LogP contribution in [0.1, 0.15) is 23.2 Å². The minimum Gasteiger partial charge on any atom is -0.785 e. The van der Waals surface area contributed by atoms with Gasteiger partial charge in [-0.1, -0.05) is 36.4 Å². The second-order valence-electron chi connectivity index (χ2n) is 4.77. The molecule has 0 saturated carbocycles. The number of rotatable bonds is 2. The predicted molar refractivity (Wildman–Crippen MR) is 71.7 cm³/mol. The molecule has 0 saturated heterocycles. The van der Waals surface area contributed by atoms with Crippen molar-refractivity contribution in [1.82, 2.24) is 10.1 Å². The van der Waals surface area contributed by atoms with Gasteiger partial charge in [0.15, 0.2) is 0 Å². The molecule has 2 unspecified atom stereocenters. The zero-order valence-electron chi connectivity index (χ0n) is 10.3. The molecule has 18 heavy (non-hydrogen) atoms. The van der Waals surface area contributed by atoms with E-state index in [-0.39, 0.29) is 0 Å². The highest BCUT2D eigenvalue weighted by atomic mass is 16.5. The Balaban J connectivity index is 2.32. The monoisotopic (exact) mass is 242 g/mol. The maximum atomic E-state index is 11.8. The number of nitrogens with zero attached hydrogens (tertiary/aromatic N) is 2. The first-order valence-corrected chi connectivity index (χ1v) is 5.92. The molecule has 94 valence electrons. The Hall–Kier alpha value is -1.46. The van der Waals surface area contributed by atoms with Crippen molar-refractivity contribution in [2.45, 2.75) is 12.1 Å². The van der Waals surface area contributed by atoms with Crippen molar-refractivity contribution in [2.75, 3.05) is 14.1 Å².